The average Bonchev–Trinajstić information content (AvgIpc) is 2.36. The summed E-state index contributed by atoms with van der Waals surface area (Å²) >= 11 is 3.68. The number of carbonyl (C=O) groups excluding carboxylic acids is 1. The number of anilines is 1. The third-order valence-corrected chi connectivity index (χ3v) is 3.17. The van der Waals surface area contributed by atoms with Gasteiger partial charge in [0.25, 0.3) is 0 Å². The van der Waals surface area contributed by atoms with E-state index in [1.807, 2.05) is 34.3 Å². The lowest BCUT2D eigenvalue weighted by atomic mass is 10.3. The Labute approximate surface area is 81.9 Å². The Bertz CT molecular complexity index is 299. The van der Waals surface area contributed by atoms with Gasteiger partial charge in [-0.05, 0) is 11.4 Å². The van der Waals surface area contributed by atoms with Gasteiger partial charge in [-0.25, -0.2) is 4.79 Å². The first-order valence-electron chi connectivity index (χ1n) is 3.08. The molecule has 1 aliphatic heterocycles. The van der Waals surface area contributed by atoms with Crippen molar-refractivity contribution >= 4 is 45.9 Å². The van der Waals surface area contributed by atoms with Crippen molar-refractivity contribution in [3.63, 3.8) is 0 Å². The molecule has 1 aliphatic rings. The van der Waals surface area contributed by atoms with E-state index in [1.54, 1.807) is 14.5 Å². The first-order chi connectivity index (χ1) is 5.27. The Hall–Kier alpha value is -0.300. The minimum atomic E-state index is -0.0310. The standard InChI is InChI=1S/C6H5IN2OS/c7-9-3-5-4(1-2-11-5)8-6(9)10/h1-2H,3H2,(H,8,10). The van der Waals surface area contributed by atoms with E-state index in [-0.39, 0.29) is 6.03 Å². The van der Waals surface area contributed by atoms with Crippen molar-refractivity contribution in [1.29, 1.82) is 0 Å². The van der Waals surface area contributed by atoms with E-state index in [4.69, 9.17) is 0 Å². The summed E-state index contributed by atoms with van der Waals surface area (Å²) in [5, 5.41) is 4.77. The molecule has 3 nitrogen and oxygen atoms in total. The number of urea groups is 1. The van der Waals surface area contributed by atoms with Gasteiger partial charge in [0.05, 0.1) is 35.1 Å². The summed E-state index contributed by atoms with van der Waals surface area (Å²) in [6.07, 6.45) is 0. The van der Waals surface area contributed by atoms with Crippen molar-refractivity contribution in [2.45, 2.75) is 6.54 Å². The molecule has 1 N–H and O–H groups in total. The summed E-state index contributed by atoms with van der Waals surface area (Å²) in [5.41, 5.74) is 0.966. The largest absolute Gasteiger partial charge is 0.330 e. The molecule has 11 heavy (non-hydrogen) atoms. The molecule has 1 aromatic heterocycles. The first-order valence-corrected chi connectivity index (χ1v) is 4.92. The fourth-order valence-corrected chi connectivity index (χ4v) is 2.46. The van der Waals surface area contributed by atoms with E-state index >= 15 is 0 Å². The lowest BCUT2D eigenvalue weighted by Gasteiger charge is -2.20. The highest BCUT2D eigenvalue weighted by atomic mass is 127. The van der Waals surface area contributed by atoms with Crippen molar-refractivity contribution in [2.75, 3.05) is 5.32 Å². The van der Waals surface area contributed by atoms with E-state index in [0.717, 1.165) is 12.2 Å². The molecular weight excluding hydrogens is 275 g/mol. The Kier molecular flexibility index (Phi) is 1.76. The molecule has 2 heterocycles. The number of carbonyl (C=O) groups is 1. The summed E-state index contributed by atoms with van der Waals surface area (Å²) in [7, 11) is 0. The quantitative estimate of drug-likeness (QED) is 0.574. The minimum absolute atomic E-state index is 0.0310. The first kappa shape index (κ1) is 7.35. The van der Waals surface area contributed by atoms with Gasteiger partial charge in [-0.2, -0.15) is 0 Å². The van der Waals surface area contributed by atoms with Crippen LogP contribution in [0.3, 0.4) is 0 Å². The molecular formula is C6H5IN2OS. The van der Waals surface area contributed by atoms with E-state index < -0.39 is 0 Å². The predicted octanol–water partition coefficient (Wildman–Crippen LogP) is 2.45. The van der Waals surface area contributed by atoms with Gasteiger partial charge in [0.15, 0.2) is 0 Å². The van der Waals surface area contributed by atoms with Crippen LogP contribution in [0.5, 0.6) is 0 Å². The summed E-state index contributed by atoms with van der Waals surface area (Å²) in [4.78, 5) is 12.3. The number of amides is 2. The van der Waals surface area contributed by atoms with Crippen LogP contribution in [0.4, 0.5) is 10.5 Å². The molecule has 0 spiro atoms. The van der Waals surface area contributed by atoms with E-state index in [9.17, 15) is 4.79 Å². The zero-order valence-electron chi connectivity index (χ0n) is 5.50. The molecule has 5 heteroatoms. The summed E-state index contributed by atoms with van der Waals surface area (Å²) in [5.74, 6) is 0. The molecule has 1 aromatic rings. The number of thiophene rings is 1. The number of rotatable bonds is 0. The van der Waals surface area contributed by atoms with Crippen molar-refractivity contribution in [3.8, 4) is 0 Å². The Balaban J connectivity index is 2.37. The van der Waals surface area contributed by atoms with E-state index in [2.05, 4.69) is 5.32 Å². The molecule has 2 amide bonds. The zero-order valence-corrected chi connectivity index (χ0v) is 8.48. The maximum absolute atomic E-state index is 11.1. The van der Waals surface area contributed by atoms with E-state index in [0.29, 0.717) is 0 Å². The highest BCUT2D eigenvalue weighted by Gasteiger charge is 2.20. The van der Waals surface area contributed by atoms with Crippen LogP contribution >= 0.6 is 34.2 Å². The molecule has 0 fully saturated rings. The number of halogens is 1. The SMILES string of the molecule is O=C1Nc2ccsc2CN1I. The smallest absolute Gasteiger partial charge is 0.306 e. The molecule has 0 bridgehead atoms. The third kappa shape index (κ3) is 1.22. The van der Waals surface area contributed by atoms with Gasteiger partial charge in [0.1, 0.15) is 0 Å². The molecule has 0 radical (unpaired) electrons. The normalized spacial score (nSPS) is 16.1. The molecule has 58 valence electrons. The summed E-state index contributed by atoms with van der Waals surface area (Å²) in [6.45, 7) is 0.722. The zero-order chi connectivity index (χ0) is 7.84. The van der Waals surface area contributed by atoms with Crippen LogP contribution in [-0.2, 0) is 6.54 Å². The molecule has 0 saturated heterocycles. The molecule has 0 aliphatic carbocycles. The highest BCUT2D eigenvalue weighted by Crippen LogP contribution is 2.29. The fraction of sp³-hybridized carbons (Fsp3) is 0.167. The van der Waals surface area contributed by atoms with Gasteiger partial charge in [-0.1, -0.05) is 0 Å². The molecule has 0 atom stereocenters. The fourth-order valence-electron chi connectivity index (χ4n) is 0.948. The van der Waals surface area contributed by atoms with Gasteiger partial charge < -0.3 is 5.32 Å². The lowest BCUT2D eigenvalue weighted by Crippen LogP contribution is -2.30. The van der Waals surface area contributed by atoms with Crippen molar-refractivity contribution in [2.24, 2.45) is 0 Å². The van der Waals surface area contributed by atoms with Crippen molar-refractivity contribution < 1.29 is 4.79 Å². The van der Waals surface area contributed by atoms with Gasteiger partial charge in [-0.15, -0.1) is 11.3 Å². The van der Waals surface area contributed by atoms with E-state index in [1.165, 1.54) is 4.88 Å². The third-order valence-electron chi connectivity index (χ3n) is 1.49. The number of hydrogen-bond acceptors (Lipinski definition) is 2. The highest BCUT2D eigenvalue weighted by molar-refractivity contribution is 14.1. The Morgan fingerprint density at radius 1 is 1.73 bits per heavy atom. The van der Waals surface area contributed by atoms with Gasteiger partial charge in [-0.3, -0.25) is 3.11 Å². The predicted molar refractivity (Wildman–Crippen MR) is 52.9 cm³/mol. The van der Waals surface area contributed by atoms with Crippen LogP contribution in [0, 0.1) is 0 Å². The van der Waals surface area contributed by atoms with Crippen LogP contribution in [-0.4, -0.2) is 9.14 Å². The monoisotopic (exact) mass is 280 g/mol. The summed E-state index contributed by atoms with van der Waals surface area (Å²) < 4.78 is 1.64. The second-order valence-electron chi connectivity index (χ2n) is 2.21. The Morgan fingerprint density at radius 3 is 3.36 bits per heavy atom. The van der Waals surface area contributed by atoms with Crippen LogP contribution in [0.25, 0.3) is 0 Å². The number of nitrogens with zero attached hydrogens (tertiary/aromatic N) is 1. The van der Waals surface area contributed by atoms with Gasteiger partial charge in [0.2, 0.25) is 0 Å². The molecule has 0 saturated carbocycles. The second kappa shape index (κ2) is 2.63. The molecule has 0 aromatic carbocycles. The lowest BCUT2D eigenvalue weighted by molar-refractivity contribution is 0.239. The second-order valence-corrected chi connectivity index (χ2v) is 4.37. The van der Waals surface area contributed by atoms with Gasteiger partial charge in [0, 0.05) is 4.88 Å². The number of hydrogen-bond donors (Lipinski definition) is 1. The van der Waals surface area contributed by atoms with Crippen LogP contribution in [0.1, 0.15) is 4.88 Å². The van der Waals surface area contributed by atoms with Crippen LogP contribution < -0.4 is 5.32 Å². The van der Waals surface area contributed by atoms with Gasteiger partial charge >= 0.3 is 6.03 Å². The maximum atomic E-state index is 11.1. The number of fused-ring (bicyclic) bond motifs is 1. The minimum Gasteiger partial charge on any atom is -0.306 e. The average molecular weight is 280 g/mol. The van der Waals surface area contributed by atoms with Crippen molar-refractivity contribution in [3.05, 3.63) is 16.3 Å². The van der Waals surface area contributed by atoms with Crippen LogP contribution in [0.15, 0.2) is 11.4 Å². The molecule has 2 rings (SSSR count). The summed E-state index contributed by atoms with van der Waals surface area (Å²) in [6, 6.07) is 1.90. The topological polar surface area (TPSA) is 32.3 Å². The maximum Gasteiger partial charge on any atom is 0.330 e. The van der Waals surface area contributed by atoms with Crippen molar-refractivity contribution in [1.82, 2.24) is 3.11 Å². The number of nitrogens with one attached hydrogen (secondary N) is 1. The molecule has 0 unspecified atom stereocenters. The van der Waals surface area contributed by atoms with Crippen LogP contribution in [0.2, 0.25) is 0 Å². The Morgan fingerprint density at radius 2 is 2.55 bits per heavy atom.